The van der Waals surface area contributed by atoms with Gasteiger partial charge in [-0.2, -0.15) is 0 Å². The van der Waals surface area contributed by atoms with Crippen molar-refractivity contribution in [2.45, 2.75) is 58.1 Å². The van der Waals surface area contributed by atoms with Crippen molar-refractivity contribution in [3.05, 3.63) is 24.3 Å². The monoisotopic (exact) mass is 333 g/mol. The fourth-order valence-electron chi connectivity index (χ4n) is 2.92. The summed E-state index contributed by atoms with van der Waals surface area (Å²) in [5.41, 5.74) is 0.180. The molecule has 0 spiro atoms. The molecular formula is C19H27NO4. The van der Waals surface area contributed by atoms with E-state index in [0.29, 0.717) is 12.8 Å². The molecule has 2 atom stereocenters. The Balaban J connectivity index is 2.20. The summed E-state index contributed by atoms with van der Waals surface area (Å²) in [5.74, 6) is 0.163. The van der Waals surface area contributed by atoms with E-state index >= 15 is 0 Å². The Morgan fingerprint density at radius 1 is 1.21 bits per heavy atom. The Kier molecular flexibility index (Phi) is 5.86. The van der Waals surface area contributed by atoms with Crippen LogP contribution in [0.25, 0.3) is 0 Å². The Bertz CT molecular complexity index is 574. The number of methoxy groups -OCH3 is 1. The number of ether oxygens (including phenoxy) is 2. The molecule has 1 aromatic rings. The van der Waals surface area contributed by atoms with E-state index in [-0.39, 0.29) is 17.7 Å². The lowest BCUT2D eigenvalue weighted by Gasteiger charge is -2.31. The number of hydrogen-bond donors (Lipinski definition) is 1. The maximum absolute atomic E-state index is 12.7. The lowest BCUT2D eigenvalue weighted by Crippen LogP contribution is -2.45. The Morgan fingerprint density at radius 3 is 2.42 bits per heavy atom. The van der Waals surface area contributed by atoms with Crippen LogP contribution in [-0.2, 0) is 14.3 Å². The maximum Gasteiger partial charge on any atom is 0.329 e. The van der Waals surface area contributed by atoms with Crippen molar-refractivity contribution in [2.75, 3.05) is 12.4 Å². The summed E-state index contributed by atoms with van der Waals surface area (Å²) in [6.45, 7) is 5.49. The van der Waals surface area contributed by atoms with Crippen LogP contribution in [0.2, 0.25) is 0 Å². The molecule has 0 radical (unpaired) electrons. The van der Waals surface area contributed by atoms with E-state index in [0.717, 1.165) is 24.3 Å². The van der Waals surface area contributed by atoms with Gasteiger partial charge in [0.25, 0.3) is 0 Å². The van der Waals surface area contributed by atoms with E-state index < -0.39 is 11.6 Å². The zero-order valence-electron chi connectivity index (χ0n) is 14.9. The third-order valence-corrected chi connectivity index (χ3v) is 4.08. The second-order valence-electron chi connectivity index (χ2n) is 7.20. The average Bonchev–Trinajstić information content (AvgIpc) is 2.52. The van der Waals surface area contributed by atoms with E-state index in [1.165, 1.54) is 0 Å². The second-order valence-corrected chi connectivity index (χ2v) is 7.20. The molecule has 0 amide bonds. The van der Waals surface area contributed by atoms with Crippen LogP contribution >= 0.6 is 0 Å². The highest BCUT2D eigenvalue weighted by Crippen LogP contribution is 2.28. The summed E-state index contributed by atoms with van der Waals surface area (Å²) in [7, 11) is 1.60. The number of Topliss-reactive ketones (excluding diaryl/α,β-unsaturated/α-hetero) is 1. The number of benzene rings is 1. The normalized spacial score (nSPS) is 19.5. The van der Waals surface area contributed by atoms with Gasteiger partial charge in [-0.15, -0.1) is 0 Å². The molecule has 1 N–H and O–H groups in total. The van der Waals surface area contributed by atoms with Gasteiger partial charge >= 0.3 is 5.97 Å². The van der Waals surface area contributed by atoms with Crippen LogP contribution in [0.4, 0.5) is 5.69 Å². The molecule has 2 unspecified atom stereocenters. The second kappa shape index (κ2) is 7.69. The number of rotatable bonds is 5. The van der Waals surface area contributed by atoms with Crippen LogP contribution < -0.4 is 10.1 Å². The van der Waals surface area contributed by atoms with Crippen LogP contribution in [0.1, 0.15) is 46.5 Å². The first-order chi connectivity index (χ1) is 11.3. The summed E-state index contributed by atoms with van der Waals surface area (Å²) in [5, 5.41) is 3.20. The van der Waals surface area contributed by atoms with Crippen LogP contribution in [0.15, 0.2) is 24.3 Å². The molecule has 0 heterocycles. The highest BCUT2D eigenvalue weighted by molar-refractivity contribution is 5.91. The molecule has 1 aromatic carbocycles. The number of esters is 1. The fourth-order valence-corrected chi connectivity index (χ4v) is 2.92. The molecule has 1 aliphatic carbocycles. The molecule has 1 saturated carbocycles. The van der Waals surface area contributed by atoms with E-state index in [1.54, 1.807) is 7.11 Å². The lowest BCUT2D eigenvalue weighted by molar-refractivity contribution is -0.158. The zero-order chi connectivity index (χ0) is 17.7. The topological polar surface area (TPSA) is 64.6 Å². The highest BCUT2D eigenvalue weighted by Gasteiger charge is 2.37. The number of carbonyl (C=O) groups is 2. The van der Waals surface area contributed by atoms with Crippen molar-refractivity contribution in [1.29, 1.82) is 0 Å². The molecule has 0 aromatic heterocycles. The predicted molar refractivity (Wildman–Crippen MR) is 93.2 cm³/mol. The van der Waals surface area contributed by atoms with E-state index in [9.17, 15) is 9.59 Å². The van der Waals surface area contributed by atoms with Crippen molar-refractivity contribution in [3.8, 4) is 5.75 Å². The standard InChI is InChI=1S/C19H27NO4/c1-19(2,3)24-18(22)17(15-7-5-6-8-16(15)21)20-13-9-11-14(23-4)12-10-13/h9-12,15,17,20H,5-8H2,1-4H3. The lowest BCUT2D eigenvalue weighted by atomic mass is 9.82. The van der Waals surface area contributed by atoms with Gasteiger partial charge in [-0.05, 0) is 57.9 Å². The molecule has 0 bridgehead atoms. The minimum atomic E-state index is -0.662. The zero-order valence-corrected chi connectivity index (χ0v) is 14.9. The van der Waals surface area contributed by atoms with Gasteiger partial charge < -0.3 is 14.8 Å². The third-order valence-electron chi connectivity index (χ3n) is 4.08. The summed E-state index contributed by atoms with van der Waals surface area (Å²) in [4.78, 5) is 25.0. The molecule has 0 aliphatic heterocycles. The number of carbonyl (C=O) groups excluding carboxylic acids is 2. The number of ketones is 1. The highest BCUT2D eigenvalue weighted by atomic mass is 16.6. The quantitative estimate of drug-likeness (QED) is 0.835. The molecular weight excluding hydrogens is 306 g/mol. The van der Waals surface area contributed by atoms with Gasteiger partial charge in [-0.3, -0.25) is 4.79 Å². The minimum absolute atomic E-state index is 0.137. The van der Waals surface area contributed by atoms with Gasteiger partial charge in [0.15, 0.2) is 0 Å². The first-order valence-electron chi connectivity index (χ1n) is 8.46. The van der Waals surface area contributed by atoms with Crippen molar-refractivity contribution >= 4 is 17.4 Å². The van der Waals surface area contributed by atoms with Crippen molar-refractivity contribution < 1.29 is 19.1 Å². The Hall–Kier alpha value is -2.04. The van der Waals surface area contributed by atoms with Crippen LogP contribution in [-0.4, -0.2) is 30.5 Å². The van der Waals surface area contributed by atoms with Crippen molar-refractivity contribution in [2.24, 2.45) is 5.92 Å². The third kappa shape index (κ3) is 4.98. The van der Waals surface area contributed by atoms with E-state index in [4.69, 9.17) is 9.47 Å². The largest absolute Gasteiger partial charge is 0.497 e. The Morgan fingerprint density at radius 2 is 1.88 bits per heavy atom. The number of anilines is 1. The molecule has 132 valence electrons. The van der Waals surface area contributed by atoms with Gasteiger partial charge in [0.05, 0.1) is 7.11 Å². The summed E-state index contributed by atoms with van der Waals surface area (Å²) >= 11 is 0. The SMILES string of the molecule is COc1ccc(NC(C(=O)OC(C)(C)C)C2CCCCC2=O)cc1. The first kappa shape index (κ1) is 18.3. The van der Waals surface area contributed by atoms with Crippen LogP contribution in [0.5, 0.6) is 5.75 Å². The molecule has 1 fully saturated rings. The molecule has 0 saturated heterocycles. The van der Waals surface area contributed by atoms with E-state index in [1.807, 2.05) is 45.0 Å². The molecule has 1 aliphatic rings. The summed E-state index contributed by atoms with van der Waals surface area (Å²) in [6, 6.07) is 6.65. The first-order valence-corrected chi connectivity index (χ1v) is 8.46. The molecule has 5 heteroatoms. The number of nitrogens with one attached hydrogen (secondary N) is 1. The van der Waals surface area contributed by atoms with Gasteiger partial charge in [-0.1, -0.05) is 6.42 Å². The van der Waals surface area contributed by atoms with Gasteiger partial charge in [0.2, 0.25) is 0 Å². The average molecular weight is 333 g/mol. The molecule has 5 nitrogen and oxygen atoms in total. The van der Waals surface area contributed by atoms with Gasteiger partial charge in [0.1, 0.15) is 23.2 Å². The summed E-state index contributed by atoms with van der Waals surface area (Å²) < 4.78 is 10.7. The molecule has 2 rings (SSSR count). The maximum atomic E-state index is 12.7. The fraction of sp³-hybridized carbons (Fsp3) is 0.579. The minimum Gasteiger partial charge on any atom is -0.497 e. The predicted octanol–water partition coefficient (Wildman–Crippen LogP) is 3.58. The Labute approximate surface area is 143 Å². The van der Waals surface area contributed by atoms with Crippen molar-refractivity contribution in [3.63, 3.8) is 0 Å². The van der Waals surface area contributed by atoms with Crippen molar-refractivity contribution in [1.82, 2.24) is 0 Å². The number of hydrogen-bond acceptors (Lipinski definition) is 5. The van der Waals surface area contributed by atoms with E-state index in [2.05, 4.69) is 5.32 Å². The van der Waals surface area contributed by atoms with Gasteiger partial charge in [-0.25, -0.2) is 4.79 Å². The van der Waals surface area contributed by atoms with Gasteiger partial charge in [0, 0.05) is 18.0 Å². The summed E-state index contributed by atoms with van der Waals surface area (Å²) in [6.07, 6.45) is 3.11. The van der Waals surface area contributed by atoms with Crippen LogP contribution in [0, 0.1) is 5.92 Å². The molecule has 24 heavy (non-hydrogen) atoms. The van der Waals surface area contributed by atoms with Crippen LogP contribution in [0.3, 0.4) is 0 Å². The smallest absolute Gasteiger partial charge is 0.329 e.